The molecule has 10 nitrogen and oxygen atoms in total. The zero-order valence-electron chi connectivity index (χ0n) is 19.8. The SMILES string of the molecule is CN1C=C(C2=CCC(N)N=C2F)NC1[C@@H]1CC[C@@H]2CC(c3cc(Cl)ccc3-n3cnnn3)CC(=O)N21. The Morgan fingerprint density at radius 2 is 2.14 bits per heavy atom. The number of carbonyl (C=O) groups is 1. The topological polar surface area (TPSA) is 118 Å². The molecule has 5 atom stereocenters. The van der Waals surface area contributed by atoms with E-state index in [4.69, 9.17) is 17.3 Å². The summed E-state index contributed by atoms with van der Waals surface area (Å²) in [5, 5.41) is 15.6. The number of nitrogens with one attached hydrogen (secondary N) is 1. The maximum Gasteiger partial charge on any atom is 0.223 e. The van der Waals surface area contributed by atoms with E-state index in [0.717, 1.165) is 30.5 Å². The molecule has 188 valence electrons. The number of piperidine rings is 1. The third-order valence-electron chi connectivity index (χ3n) is 7.63. The number of nitrogens with zero attached hydrogens (tertiary/aromatic N) is 7. The predicted octanol–water partition coefficient (Wildman–Crippen LogP) is 2.24. The molecule has 3 N–H and O–H groups in total. The van der Waals surface area contributed by atoms with Gasteiger partial charge in [-0.2, -0.15) is 4.39 Å². The number of hydrogen-bond acceptors (Lipinski definition) is 8. The van der Waals surface area contributed by atoms with Gasteiger partial charge in [0.05, 0.1) is 23.0 Å². The Balaban J connectivity index is 1.20. The van der Waals surface area contributed by atoms with Crippen molar-refractivity contribution in [1.29, 1.82) is 0 Å². The molecule has 6 rings (SSSR count). The average molecular weight is 512 g/mol. The van der Waals surface area contributed by atoms with Gasteiger partial charge in [0.25, 0.3) is 0 Å². The predicted molar refractivity (Wildman–Crippen MR) is 132 cm³/mol. The summed E-state index contributed by atoms with van der Waals surface area (Å²) in [4.78, 5) is 21.5. The fourth-order valence-electron chi connectivity index (χ4n) is 6.05. The highest BCUT2D eigenvalue weighted by atomic mass is 35.5. The Morgan fingerprint density at radius 1 is 1.28 bits per heavy atom. The third kappa shape index (κ3) is 3.96. The number of fused-ring (bicyclic) bond motifs is 1. The van der Waals surface area contributed by atoms with Gasteiger partial charge in [0.2, 0.25) is 11.9 Å². The van der Waals surface area contributed by atoms with E-state index in [1.807, 2.05) is 35.2 Å². The largest absolute Gasteiger partial charge is 0.362 e. The van der Waals surface area contributed by atoms with Crippen LogP contribution in [0.1, 0.15) is 43.6 Å². The molecule has 2 fully saturated rings. The number of halogens is 2. The summed E-state index contributed by atoms with van der Waals surface area (Å²) in [7, 11) is 1.95. The van der Waals surface area contributed by atoms with E-state index in [1.54, 1.807) is 23.2 Å². The summed E-state index contributed by atoms with van der Waals surface area (Å²) in [6.07, 6.45) is 8.00. The second kappa shape index (κ2) is 8.97. The van der Waals surface area contributed by atoms with Gasteiger partial charge in [-0.1, -0.05) is 17.7 Å². The van der Waals surface area contributed by atoms with Gasteiger partial charge in [0, 0.05) is 37.2 Å². The van der Waals surface area contributed by atoms with Crippen LogP contribution in [-0.2, 0) is 4.79 Å². The molecule has 2 aromatic rings. The molecule has 12 heteroatoms. The van der Waals surface area contributed by atoms with Crippen LogP contribution in [-0.4, -0.2) is 73.3 Å². The van der Waals surface area contributed by atoms with Gasteiger partial charge in [-0.15, -0.1) is 5.10 Å². The van der Waals surface area contributed by atoms with Gasteiger partial charge in [-0.05, 0) is 59.4 Å². The van der Waals surface area contributed by atoms with Gasteiger partial charge in [0.15, 0.2) is 0 Å². The Kier molecular flexibility index (Phi) is 5.76. The van der Waals surface area contributed by atoms with Crippen LogP contribution < -0.4 is 11.1 Å². The number of tetrazole rings is 1. The van der Waals surface area contributed by atoms with E-state index in [0.29, 0.717) is 29.1 Å². The van der Waals surface area contributed by atoms with E-state index in [-0.39, 0.29) is 30.1 Å². The molecule has 0 saturated carbocycles. The fraction of sp³-hybridized carbons (Fsp3) is 0.458. The number of carbonyl (C=O) groups excluding carboxylic acids is 1. The lowest BCUT2D eigenvalue weighted by molar-refractivity contribution is -0.138. The van der Waals surface area contributed by atoms with E-state index in [1.165, 1.54) is 0 Å². The maximum absolute atomic E-state index is 14.5. The van der Waals surface area contributed by atoms with E-state index in [9.17, 15) is 9.18 Å². The molecule has 5 heterocycles. The molecule has 0 aliphatic carbocycles. The first-order valence-electron chi connectivity index (χ1n) is 12.1. The van der Waals surface area contributed by atoms with E-state index >= 15 is 0 Å². The first-order chi connectivity index (χ1) is 17.4. The number of benzene rings is 1. The molecule has 1 aromatic carbocycles. The second-order valence-corrected chi connectivity index (χ2v) is 10.3. The Bertz CT molecular complexity index is 1280. The molecule has 3 unspecified atom stereocenters. The monoisotopic (exact) mass is 511 g/mol. The Morgan fingerprint density at radius 3 is 2.92 bits per heavy atom. The third-order valence-corrected chi connectivity index (χ3v) is 7.87. The lowest BCUT2D eigenvalue weighted by atomic mass is 9.84. The molecular weight excluding hydrogens is 485 g/mol. The molecule has 0 bridgehead atoms. The number of rotatable bonds is 4. The van der Waals surface area contributed by atoms with Gasteiger partial charge in [0.1, 0.15) is 18.7 Å². The van der Waals surface area contributed by atoms with Gasteiger partial charge < -0.3 is 20.9 Å². The zero-order chi connectivity index (χ0) is 25.0. The Labute approximate surface area is 212 Å². The van der Waals surface area contributed by atoms with Crippen molar-refractivity contribution in [2.24, 2.45) is 10.7 Å². The van der Waals surface area contributed by atoms with E-state index in [2.05, 4.69) is 25.8 Å². The smallest absolute Gasteiger partial charge is 0.223 e. The van der Waals surface area contributed by atoms with Crippen LogP contribution in [0.4, 0.5) is 4.39 Å². The summed E-state index contributed by atoms with van der Waals surface area (Å²) in [5.41, 5.74) is 8.66. The molecule has 1 aromatic heterocycles. The number of aliphatic imine (C=N–C) groups is 1. The van der Waals surface area contributed by atoms with Crippen molar-refractivity contribution < 1.29 is 9.18 Å². The summed E-state index contributed by atoms with van der Waals surface area (Å²) < 4.78 is 16.1. The molecule has 2 saturated heterocycles. The molecule has 1 amide bonds. The second-order valence-electron chi connectivity index (χ2n) is 9.83. The number of allylic oxidation sites excluding steroid dienone is 1. The molecule has 36 heavy (non-hydrogen) atoms. The van der Waals surface area contributed by atoms with Crippen molar-refractivity contribution >= 4 is 23.5 Å². The quantitative estimate of drug-likeness (QED) is 0.646. The summed E-state index contributed by atoms with van der Waals surface area (Å²) >= 11 is 6.34. The first kappa shape index (κ1) is 23.1. The van der Waals surface area contributed by atoms with Gasteiger partial charge in [-0.3, -0.25) is 4.79 Å². The average Bonchev–Trinajstić information content (AvgIpc) is 3.59. The summed E-state index contributed by atoms with van der Waals surface area (Å²) in [5.74, 6) is -0.427. The number of aromatic nitrogens is 4. The minimum absolute atomic E-state index is 0.0141. The van der Waals surface area contributed by atoms with Crippen LogP contribution in [0.25, 0.3) is 5.69 Å². The molecule has 0 spiro atoms. The molecule has 4 aliphatic heterocycles. The van der Waals surface area contributed by atoms with Crippen molar-refractivity contribution in [1.82, 2.24) is 35.3 Å². The zero-order valence-corrected chi connectivity index (χ0v) is 20.5. The van der Waals surface area contributed by atoms with Crippen LogP contribution in [0.5, 0.6) is 0 Å². The normalized spacial score (nSPS) is 30.1. The van der Waals surface area contributed by atoms with Crippen molar-refractivity contribution in [3.05, 3.63) is 58.7 Å². The summed E-state index contributed by atoms with van der Waals surface area (Å²) in [6, 6.07) is 5.71. The highest BCUT2D eigenvalue weighted by Gasteiger charge is 2.47. The first-order valence-corrected chi connectivity index (χ1v) is 12.5. The van der Waals surface area contributed by atoms with E-state index < -0.39 is 12.1 Å². The van der Waals surface area contributed by atoms with Crippen LogP contribution in [0.2, 0.25) is 5.02 Å². The lowest BCUT2D eigenvalue weighted by Gasteiger charge is -2.41. The standard InChI is InChI=1S/C24H27ClFN9O/c1-33-11-18(16-4-7-21(27)30-23(16)26)29-24(33)20-6-3-15-8-13(9-22(36)35(15)20)17-10-14(25)2-5-19(17)34-12-28-31-32-34/h2,4-5,10-13,15,20-21,24,29H,3,6-9,27H2,1H3/t13?,15-,20+,21?,24?/m1/s1. The van der Waals surface area contributed by atoms with Crippen LogP contribution in [0.15, 0.2) is 53.1 Å². The number of hydrogen-bond donors (Lipinski definition) is 2. The number of likely N-dealkylation sites (N-methyl/N-ethyl adjacent to an activating group) is 1. The highest BCUT2D eigenvalue weighted by Crippen LogP contribution is 2.43. The highest BCUT2D eigenvalue weighted by molar-refractivity contribution is 6.30. The van der Waals surface area contributed by atoms with Crippen LogP contribution in [0.3, 0.4) is 0 Å². The minimum atomic E-state index is -0.553. The number of amides is 1. The molecule has 4 aliphatic rings. The van der Waals surface area contributed by atoms with Gasteiger partial charge in [-0.25, -0.2) is 9.67 Å². The molecule has 0 radical (unpaired) electrons. The van der Waals surface area contributed by atoms with Crippen molar-refractivity contribution in [2.75, 3.05) is 7.05 Å². The van der Waals surface area contributed by atoms with Gasteiger partial charge >= 0.3 is 0 Å². The molecular formula is C24H27ClFN9O. The Hall–Kier alpha value is -3.31. The fourth-order valence-corrected chi connectivity index (χ4v) is 6.23. The number of nitrogens with two attached hydrogens (primary N) is 1. The van der Waals surface area contributed by atoms with Crippen molar-refractivity contribution in [2.45, 2.75) is 62.4 Å². The lowest BCUT2D eigenvalue weighted by Crippen LogP contribution is -2.55. The number of dihydropyridines is 1. The van der Waals surface area contributed by atoms with Crippen molar-refractivity contribution in [3.8, 4) is 5.69 Å². The minimum Gasteiger partial charge on any atom is -0.362 e. The summed E-state index contributed by atoms with van der Waals surface area (Å²) in [6.45, 7) is 0. The van der Waals surface area contributed by atoms with Crippen molar-refractivity contribution in [3.63, 3.8) is 0 Å². The maximum atomic E-state index is 14.5. The van der Waals surface area contributed by atoms with Crippen LogP contribution in [0, 0.1) is 0 Å². The van der Waals surface area contributed by atoms with Crippen LogP contribution >= 0.6 is 11.6 Å².